The number of benzene rings is 2. The van der Waals surface area contributed by atoms with Gasteiger partial charge in [0, 0.05) is 12.6 Å². The fraction of sp³-hybridized carbons (Fsp3) is 0.227. The van der Waals surface area contributed by atoms with Gasteiger partial charge in [-0.25, -0.2) is 9.18 Å². The predicted octanol–water partition coefficient (Wildman–Crippen LogP) is 3.41. The Labute approximate surface area is 168 Å². The summed E-state index contributed by atoms with van der Waals surface area (Å²) in [5.41, 5.74) is 1.27. The summed E-state index contributed by atoms with van der Waals surface area (Å²) in [4.78, 5) is 36.1. The molecule has 0 unspecified atom stereocenters. The molecule has 29 heavy (non-hydrogen) atoms. The number of carbonyl (C=O) groups is 3. The number of ether oxygens (including phenoxy) is 1. The first kappa shape index (κ1) is 21.8. The van der Waals surface area contributed by atoms with E-state index in [2.05, 4.69) is 10.6 Å². The molecule has 0 heterocycles. The zero-order valence-corrected chi connectivity index (χ0v) is 16.3. The summed E-state index contributed by atoms with van der Waals surface area (Å²) >= 11 is 0. The zero-order chi connectivity index (χ0) is 21.2. The number of anilines is 1. The van der Waals surface area contributed by atoms with Crippen LogP contribution in [0.4, 0.5) is 10.1 Å². The summed E-state index contributed by atoms with van der Waals surface area (Å²) in [5, 5.41) is 5.36. The normalized spacial score (nSPS) is 10.8. The molecule has 0 aromatic heterocycles. The van der Waals surface area contributed by atoms with Crippen LogP contribution < -0.4 is 10.6 Å². The van der Waals surface area contributed by atoms with Crippen molar-refractivity contribution >= 4 is 29.5 Å². The standard InChI is InChI=1S/C22H23FN2O4/c1-15(2)13-24-22(28)18-5-3-4-6-19(18)25-20(26)14-29-21(27)12-9-16-7-10-17(23)11-8-16/h3-12,15H,13-14H2,1-2H3,(H,24,28)(H,25,26)/b12-9+. The molecule has 2 N–H and O–H groups in total. The maximum absolute atomic E-state index is 12.8. The highest BCUT2D eigenvalue weighted by Crippen LogP contribution is 2.15. The number of hydrogen-bond acceptors (Lipinski definition) is 4. The van der Waals surface area contributed by atoms with E-state index in [0.29, 0.717) is 29.3 Å². The average Bonchev–Trinajstić information content (AvgIpc) is 2.70. The molecule has 0 fully saturated rings. The number of esters is 1. The molecule has 0 spiro atoms. The van der Waals surface area contributed by atoms with Crippen LogP contribution in [0.1, 0.15) is 29.8 Å². The second kappa shape index (κ2) is 10.8. The minimum absolute atomic E-state index is 0.295. The molecule has 7 heteroatoms. The van der Waals surface area contributed by atoms with Crippen LogP contribution in [0.2, 0.25) is 0 Å². The second-order valence-corrected chi connectivity index (χ2v) is 6.69. The lowest BCUT2D eigenvalue weighted by molar-refractivity contribution is -0.142. The summed E-state index contributed by atoms with van der Waals surface area (Å²) in [6, 6.07) is 12.1. The van der Waals surface area contributed by atoms with Gasteiger partial charge in [-0.3, -0.25) is 9.59 Å². The van der Waals surface area contributed by atoms with E-state index >= 15 is 0 Å². The van der Waals surface area contributed by atoms with Crippen LogP contribution in [0.15, 0.2) is 54.6 Å². The van der Waals surface area contributed by atoms with E-state index in [0.717, 1.165) is 6.08 Å². The van der Waals surface area contributed by atoms with Crippen molar-refractivity contribution in [3.63, 3.8) is 0 Å². The first-order valence-electron chi connectivity index (χ1n) is 9.12. The van der Waals surface area contributed by atoms with Crippen molar-refractivity contribution in [3.05, 3.63) is 71.6 Å². The van der Waals surface area contributed by atoms with Gasteiger partial charge in [-0.05, 0) is 41.8 Å². The molecule has 0 saturated carbocycles. The highest BCUT2D eigenvalue weighted by atomic mass is 19.1. The van der Waals surface area contributed by atoms with Crippen LogP contribution in [-0.4, -0.2) is 30.9 Å². The van der Waals surface area contributed by atoms with Crippen LogP contribution in [0.25, 0.3) is 6.08 Å². The number of amides is 2. The predicted molar refractivity (Wildman–Crippen MR) is 109 cm³/mol. The minimum Gasteiger partial charge on any atom is -0.452 e. The number of rotatable bonds is 8. The van der Waals surface area contributed by atoms with E-state index in [-0.39, 0.29) is 11.7 Å². The SMILES string of the molecule is CC(C)CNC(=O)c1ccccc1NC(=O)COC(=O)/C=C/c1ccc(F)cc1. The number of nitrogens with one attached hydrogen (secondary N) is 2. The van der Waals surface area contributed by atoms with Crippen molar-refractivity contribution < 1.29 is 23.5 Å². The molecule has 0 aliphatic rings. The quantitative estimate of drug-likeness (QED) is 0.527. The van der Waals surface area contributed by atoms with Crippen LogP contribution in [-0.2, 0) is 14.3 Å². The Morgan fingerprint density at radius 3 is 2.45 bits per heavy atom. The van der Waals surface area contributed by atoms with Crippen molar-refractivity contribution in [3.8, 4) is 0 Å². The van der Waals surface area contributed by atoms with Gasteiger partial charge in [0.2, 0.25) is 0 Å². The molecule has 2 rings (SSSR count). The summed E-state index contributed by atoms with van der Waals surface area (Å²) in [5.74, 6) is -1.67. The van der Waals surface area contributed by atoms with Crippen molar-refractivity contribution in [2.75, 3.05) is 18.5 Å². The van der Waals surface area contributed by atoms with Gasteiger partial charge in [0.1, 0.15) is 5.82 Å². The maximum Gasteiger partial charge on any atom is 0.331 e. The first-order chi connectivity index (χ1) is 13.8. The lowest BCUT2D eigenvalue weighted by Gasteiger charge is -2.12. The molecule has 0 aliphatic heterocycles. The molecule has 0 aliphatic carbocycles. The summed E-state index contributed by atoms with van der Waals surface area (Å²) < 4.78 is 17.7. The highest BCUT2D eigenvalue weighted by Gasteiger charge is 2.14. The minimum atomic E-state index is -0.715. The van der Waals surface area contributed by atoms with Crippen LogP contribution in [0.5, 0.6) is 0 Å². The highest BCUT2D eigenvalue weighted by molar-refractivity contribution is 6.04. The van der Waals surface area contributed by atoms with E-state index in [9.17, 15) is 18.8 Å². The van der Waals surface area contributed by atoms with Crippen LogP contribution in [0, 0.1) is 11.7 Å². The van der Waals surface area contributed by atoms with Crippen molar-refractivity contribution in [1.82, 2.24) is 5.32 Å². The number of halogens is 1. The smallest absolute Gasteiger partial charge is 0.331 e. The molecule has 2 aromatic carbocycles. The Kier molecular flexibility index (Phi) is 8.09. The van der Waals surface area contributed by atoms with Crippen molar-refractivity contribution in [2.24, 2.45) is 5.92 Å². The molecule has 0 bridgehead atoms. The van der Waals surface area contributed by atoms with Gasteiger partial charge in [0.05, 0.1) is 11.3 Å². The van der Waals surface area contributed by atoms with Crippen LogP contribution >= 0.6 is 0 Å². The largest absolute Gasteiger partial charge is 0.452 e. The molecular weight excluding hydrogens is 375 g/mol. The summed E-state index contributed by atoms with van der Waals surface area (Å²) in [6.45, 7) is 3.97. The van der Waals surface area contributed by atoms with E-state index in [4.69, 9.17) is 4.74 Å². The number of hydrogen-bond donors (Lipinski definition) is 2. The van der Waals surface area contributed by atoms with E-state index in [1.165, 1.54) is 30.3 Å². The molecule has 0 atom stereocenters. The number of carbonyl (C=O) groups excluding carboxylic acids is 3. The second-order valence-electron chi connectivity index (χ2n) is 6.69. The molecular formula is C22H23FN2O4. The fourth-order valence-electron chi connectivity index (χ4n) is 2.29. The third-order valence-electron chi connectivity index (χ3n) is 3.74. The molecule has 6 nitrogen and oxygen atoms in total. The lowest BCUT2D eigenvalue weighted by atomic mass is 10.1. The molecule has 152 valence electrons. The average molecular weight is 398 g/mol. The van der Waals surface area contributed by atoms with E-state index < -0.39 is 18.5 Å². The molecule has 0 radical (unpaired) electrons. The van der Waals surface area contributed by atoms with Gasteiger partial charge in [-0.1, -0.05) is 38.1 Å². The zero-order valence-electron chi connectivity index (χ0n) is 16.3. The van der Waals surface area contributed by atoms with Gasteiger partial charge >= 0.3 is 5.97 Å². The Morgan fingerprint density at radius 1 is 1.07 bits per heavy atom. The van der Waals surface area contributed by atoms with Gasteiger partial charge in [-0.15, -0.1) is 0 Å². The summed E-state index contributed by atoms with van der Waals surface area (Å²) in [6.07, 6.45) is 2.60. The molecule has 2 amide bonds. The third-order valence-corrected chi connectivity index (χ3v) is 3.74. The number of para-hydroxylation sites is 1. The topological polar surface area (TPSA) is 84.5 Å². The van der Waals surface area contributed by atoms with Crippen molar-refractivity contribution in [2.45, 2.75) is 13.8 Å². The Morgan fingerprint density at radius 2 is 1.76 bits per heavy atom. The lowest BCUT2D eigenvalue weighted by Crippen LogP contribution is -2.29. The van der Waals surface area contributed by atoms with Gasteiger partial charge in [-0.2, -0.15) is 0 Å². The van der Waals surface area contributed by atoms with Gasteiger partial charge < -0.3 is 15.4 Å². The maximum atomic E-state index is 12.8. The van der Waals surface area contributed by atoms with Crippen molar-refractivity contribution in [1.29, 1.82) is 0 Å². The Hall–Kier alpha value is -3.48. The van der Waals surface area contributed by atoms with Gasteiger partial charge in [0.15, 0.2) is 6.61 Å². The monoisotopic (exact) mass is 398 g/mol. The van der Waals surface area contributed by atoms with Gasteiger partial charge in [0.25, 0.3) is 11.8 Å². The van der Waals surface area contributed by atoms with Crippen LogP contribution in [0.3, 0.4) is 0 Å². The van der Waals surface area contributed by atoms with E-state index in [1.807, 2.05) is 13.8 Å². The van der Waals surface area contributed by atoms with E-state index in [1.54, 1.807) is 24.3 Å². The third kappa shape index (κ3) is 7.57. The molecule has 0 saturated heterocycles. The Balaban J connectivity index is 1.88. The summed E-state index contributed by atoms with van der Waals surface area (Å²) in [7, 11) is 0. The Bertz CT molecular complexity index is 892. The molecule has 2 aromatic rings. The first-order valence-corrected chi connectivity index (χ1v) is 9.12. The fourth-order valence-corrected chi connectivity index (χ4v) is 2.29.